The zero-order chi connectivity index (χ0) is 13.8. The van der Waals surface area contributed by atoms with Gasteiger partial charge in [-0.2, -0.15) is 0 Å². The molecule has 1 aliphatic rings. The van der Waals surface area contributed by atoms with Gasteiger partial charge in [0.1, 0.15) is 0 Å². The van der Waals surface area contributed by atoms with Crippen LogP contribution in [0.3, 0.4) is 0 Å². The minimum Gasteiger partial charge on any atom is -0.481 e. The van der Waals surface area contributed by atoms with Crippen LogP contribution in [0.4, 0.5) is 0 Å². The van der Waals surface area contributed by atoms with Crippen molar-refractivity contribution in [2.75, 3.05) is 13.1 Å². The molecule has 0 aromatic rings. The van der Waals surface area contributed by atoms with Crippen LogP contribution in [0.25, 0.3) is 0 Å². The molecular weight excluding hydrogens is 232 g/mol. The van der Waals surface area contributed by atoms with Gasteiger partial charge in [0.15, 0.2) is 0 Å². The molecule has 1 fully saturated rings. The van der Waals surface area contributed by atoms with Gasteiger partial charge in [-0.15, -0.1) is 0 Å². The van der Waals surface area contributed by atoms with Gasteiger partial charge in [-0.05, 0) is 19.3 Å². The Morgan fingerprint density at radius 1 is 1.39 bits per heavy atom. The summed E-state index contributed by atoms with van der Waals surface area (Å²) in [6.07, 6.45) is 3.49. The van der Waals surface area contributed by atoms with Gasteiger partial charge in [0.25, 0.3) is 0 Å². The van der Waals surface area contributed by atoms with E-state index < -0.39 is 17.4 Å². The van der Waals surface area contributed by atoms with Crippen LogP contribution < -0.4 is 5.73 Å². The van der Waals surface area contributed by atoms with Crippen molar-refractivity contribution in [2.24, 2.45) is 11.1 Å². The van der Waals surface area contributed by atoms with Gasteiger partial charge in [-0.1, -0.05) is 26.7 Å². The summed E-state index contributed by atoms with van der Waals surface area (Å²) in [5.74, 6) is -0.889. The monoisotopic (exact) mass is 256 g/mol. The number of amides is 1. The summed E-state index contributed by atoms with van der Waals surface area (Å²) < 4.78 is 0. The molecule has 1 saturated heterocycles. The molecule has 5 nitrogen and oxygen atoms in total. The number of likely N-dealkylation sites (tertiary alicyclic amines) is 1. The quantitative estimate of drug-likeness (QED) is 0.748. The molecule has 0 saturated carbocycles. The fourth-order valence-corrected chi connectivity index (χ4v) is 2.69. The van der Waals surface area contributed by atoms with Crippen LogP contribution in [0.1, 0.15) is 46.0 Å². The van der Waals surface area contributed by atoms with E-state index >= 15 is 0 Å². The van der Waals surface area contributed by atoms with Gasteiger partial charge >= 0.3 is 5.97 Å². The molecule has 3 N–H and O–H groups in total. The smallest absolute Gasteiger partial charge is 0.311 e. The second-order valence-electron chi connectivity index (χ2n) is 5.24. The van der Waals surface area contributed by atoms with Gasteiger partial charge in [-0.25, -0.2) is 0 Å². The van der Waals surface area contributed by atoms with Crippen LogP contribution in [0, 0.1) is 5.41 Å². The number of hydrogen-bond acceptors (Lipinski definition) is 3. The van der Waals surface area contributed by atoms with E-state index in [2.05, 4.69) is 0 Å². The molecule has 0 spiro atoms. The third-order valence-corrected chi connectivity index (χ3v) is 3.76. The zero-order valence-electron chi connectivity index (χ0n) is 11.3. The SMILES string of the molecule is CCCC(N)C(=O)N1CCC(CCC)(C(=O)O)C1. The predicted octanol–water partition coefficient (Wildman–Crippen LogP) is 1.22. The molecule has 1 rings (SSSR count). The molecule has 1 aliphatic heterocycles. The van der Waals surface area contributed by atoms with Crippen molar-refractivity contribution in [2.45, 2.75) is 52.0 Å². The summed E-state index contributed by atoms with van der Waals surface area (Å²) in [6.45, 7) is 4.78. The summed E-state index contributed by atoms with van der Waals surface area (Å²) in [5.41, 5.74) is 5.05. The zero-order valence-corrected chi connectivity index (χ0v) is 11.3. The van der Waals surface area contributed by atoms with Crippen LogP contribution in [0.5, 0.6) is 0 Å². The lowest BCUT2D eigenvalue weighted by Crippen LogP contribution is -2.44. The van der Waals surface area contributed by atoms with Crippen molar-refractivity contribution in [3.05, 3.63) is 0 Å². The Morgan fingerprint density at radius 3 is 2.56 bits per heavy atom. The van der Waals surface area contributed by atoms with Crippen LogP contribution in [-0.2, 0) is 9.59 Å². The van der Waals surface area contributed by atoms with E-state index in [9.17, 15) is 14.7 Å². The summed E-state index contributed by atoms with van der Waals surface area (Å²) in [7, 11) is 0. The molecule has 1 amide bonds. The third-order valence-electron chi connectivity index (χ3n) is 3.76. The fraction of sp³-hybridized carbons (Fsp3) is 0.846. The molecule has 0 aromatic carbocycles. The minimum absolute atomic E-state index is 0.101. The maximum atomic E-state index is 12.1. The maximum absolute atomic E-state index is 12.1. The first kappa shape index (κ1) is 15.0. The van der Waals surface area contributed by atoms with Crippen LogP contribution in [0.2, 0.25) is 0 Å². The summed E-state index contributed by atoms with van der Waals surface area (Å²) in [4.78, 5) is 25.1. The number of aliphatic carboxylic acids is 1. The Balaban J connectivity index is 2.69. The van der Waals surface area contributed by atoms with Crippen molar-refractivity contribution in [1.29, 1.82) is 0 Å². The first-order valence-corrected chi connectivity index (χ1v) is 6.74. The molecular formula is C13H24N2O3. The third kappa shape index (κ3) is 3.02. The highest BCUT2D eigenvalue weighted by atomic mass is 16.4. The molecule has 0 bridgehead atoms. The molecule has 1 heterocycles. The average molecular weight is 256 g/mol. The largest absolute Gasteiger partial charge is 0.481 e. The maximum Gasteiger partial charge on any atom is 0.311 e. The Labute approximate surface area is 108 Å². The Bertz CT molecular complexity index is 319. The number of nitrogens with zero attached hydrogens (tertiary/aromatic N) is 1. The highest BCUT2D eigenvalue weighted by Gasteiger charge is 2.45. The first-order chi connectivity index (χ1) is 8.46. The number of rotatable bonds is 6. The van der Waals surface area contributed by atoms with Gasteiger partial charge in [0, 0.05) is 13.1 Å². The van der Waals surface area contributed by atoms with Gasteiger partial charge in [0.05, 0.1) is 11.5 Å². The number of carbonyl (C=O) groups is 2. The van der Waals surface area contributed by atoms with Crippen LogP contribution in [0.15, 0.2) is 0 Å². The summed E-state index contributed by atoms with van der Waals surface area (Å²) in [5, 5.41) is 9.37. The van der Waals surface area contributed by atoms with E-state index in [1.54, 1.807) is 4.90 Å². The first-order valence-electron chi connectivity index (χ1n) is 6.74. The molecule has 0 radical (unpaired) electrons. The number of nitrogens with two attached hydrogens (primary N) is 1. The van der Waals surface area contributed by atoms with E-state index in [0.29, 0.717) is 32.4 Å². The lowest BCUT2D eigenvalue weighted by Gasteiger charge is -2.25. The fourth-order valence-electron chi connectivity index (χ4n) is 2.69. The second-order valence-corrected chi connectivity index (χ2v) is 5.24. The highest BCUT2D eigenvalue weighted by Crippen LogP contribution is 2.35. The summed E-state index contributed by atoms with van der Waals surface area (Å²) >= 11 is 0. The second kappa shape index (κ2) is 6.18. The number of hydrogen-bond donors (Lipinski definition) is 2. The molecule has 18 heavy (non-hydrogen) atoms. The van der Waals surface area contributed by atoms with E-state index in [-0.39, 0.29) is 5.91 Å². The molecule has 0 aromatic heterocycles. The van der Waals surface area contributed by atoms with Gasteiger partial charge in [-0.3, -0.25) is 9.59 Å². The number of carboxylic acids is 1. The van der Waals surface area contributed by atoms with E-state index in [0.717, 1.165) is 12.8 Å². The molecule has 2 unspecified atom stereocenters. The number of carbonyl (C=O) groups excluding carboxylic acids is 1. The van der Waals surface area contributed by atoms with Crippen molar-refractivity contribution >= 4 is 11.9 Å². The number of carboxylic acid groups (broad SMARTS) is 1. The van der Waals surface area contributed by atoms with Crippen LogP contribution >= 0.6 is 0 Å². The van der Waals surface area contributed by atoms with Gasteiger partial charge < -0.3 is 15.7 Å². The molecule has 104 valence electrons. The topological polar surface area (TPSA) is 83.6 Å². The average Bonchev–Trinajstić information content (AvgIpc) is 2.74. The Hall–Kier alpha value is -1.10. The Kier molecular flexibility index (Phi) is 5.14. The minimum atomic E-state index is -0.788. The summed E-state index contributed by atoms with van der Waals surface area (Å²) in [6, 6.07) is -0.485. The lowest BCUT2D eigenvalue weighted by atomic mass is 9.83. The van der Waals surface area contributed by atoms with Crippen molar-refractivity contribution in [3.63, 3.8) is 0 Å². The van der Waals surface area contributed by atoms with E-state index in [1.165, 1.54) is 0 Å². The van der Waals surface area contributed by atoms with Crippen molar-refractivity contribution in [1.82, 2.24) is 4.90 Å². The normalized spacial score (nSPS) is 25.2. The standard InChI is InChI=1S/C13H24N2O3/c1-3-5-10(14)11(16)15-8-7-13(9-15,6-4-2)12(17)18/h10H,3-9,14H2,1-2H3,(H,17,18). The highest BCUT2D eigenvalue weighted by molar-refractivity contribution is 5.84. The van der Waals surface area contributed by atoms with E-state index in [4.69, 9.17) is 5.73 Å². The lowest BCUT2D eigenvalue weighted by molar-refractivity contribution is -0.149. The Morgan fingerprint density at radius 2 is 2.06 bits per heavy atom. The predicted molar refractivity (Wildman–Crippen MR) is 69.1 cm³/mol. The van der Waals surface area contributed by atoms with Crippen molar-refractivity contribution < 1.29 is 14.7 Å². The van der Waals surface area contributed by atoms with Gasteiger partial charge in [0.2, 0.25) is 5.91 Å². The molecule has 2 atom stereocenters. The van der Waals surface area contributed by atoms with Crippen molar-refractivity contribution in [3.8, 4) is 0 Å². The molecule has 0 aliphatic carbocycles. The molecule has 5 heteroatoms. The van der Waals surface area contributed by atoms with E-state index in [1.807, 2.05) is 13.8 Å². The van der Waals surface area contributed by atoms with Crippen LogP contribution in [-0.4, -0.2) is 41.0 Å².